The molecule has 0 aliphatic carbocycles. The standard InChI is InChI=1S/CH4N2S.Ca.2H3N.H3O4P.H2O.2H/c2-1(3)4;;;;1-5(2,3)4;;;/h(H4,2,3,4);;2*1H3;(H3,1,2,3,4);1H2;;. The van der Waals surface area contributed by atoms with Crippen LogP contribution in [0.1, 0.15) is 0 Å². The number of rotatable bonds is 0. The third-order valence-corrected chi connectivity index (χ3v) is 0. The number of phosphoric acid groups is 1. The summed E-state index contributed by atoms with van der Waals surface area (Å²) in [5, 5.41) is 0.000000000000000222. The second-order valence-corrected chi connectivity index (χ2v) is 2.41. The van der Waals surface area contributed by atoms with E-state index in [4.69, 9.17) is 19.2 Å². The van der Waals surface area contributed by atoms with Crippen LogP contribution in [0.5, 0.6) is 0 Å². The molecule has 0 aliphatic rings. The van der Waals surface area contributed by atoms with Gasteiger partial charge in [0.1, 0.15) is 0 Å². The van der Waals surface area contributed by atoms with E-state index < -0.39 is 7.82 Å². The molecule has 0 amide bonds. The van der Waals surface area contributed by atoms with Gasteiger partial charge in [-0.1, -0.05) is 0 Å². The SMILES string of the molecule is N.N.NC(N)=S.O.O=P(O)(O)O.[CaH2]. The van der Waals surface area contributed by atoms with E-state index in [1.807, 2.05) is 0 Å². The van der Waals surface area contributed by atoms with Gasteiger partial charge >= 0.3 is 45.6 Å². The maximum atomic E-state index is 8.88. The van der Waals surface area contributed by atoms with Gasteiger partial charge in [-0.05, 0) is 12.2 Å². The molecular weight excluding hydrogens is 251 g/mol. The minimum absolute atomic E-state index is 0. The molecule has 0 aromatic rings. The fourth-order valence-corrected chi connectivity index (χ4v) is 0. The van der Waals surface area contributed by atoms with Crippen LogP contribution in [-0.4, -0.2) is 63.0 Å². The van der Waals surface area contributed by atoms with Crippen LogP contribution in [0.25, 0.3) is 0 Å². The Hall–Kier alpha value is 0.940. The van der Waals surface area contributed by atoms with Crippen molar-refractivity contribution in [2.45, 2.75) is 0 Å². The van der Waals surface area contributed by atoms with Crippen molar-refractivity contribution in [1.82, 2.24) is 12.3 Å². The summed E-state index contributed by atoms with van der Waals surface area (Å²) in [6.07, 6.45) is 0. The minimum atomic E-state index is -4.64. The van der Waals surface area contributed by atoms with E-state index in [2.05, 4.69) is 23.7 Å². The molecule has 12 heteroatoms. The van der Waals surface area contributed by atoms with Crippen molar-refractivity contribution in [2.75, 3.05) is 0 Å². The quantitative estimate of drug-likeness (QED) is 0.133. The van der Waals surface area contributed by atoms with Crippen LogP contribution in [0.15, 0.2) is 0 Å². The third kappa shape index (κ3) is 1750. The fraction of sp³-hybridized carbons (Fsp3) is 0. The van der Waals surface area contributed by atoms with E-state index in [9.17, 15) is 0 Å². The van der Waals surface area contributed by atoms with E-state index in [0.29, 0.717) is 0 Å². The summed E-state index contributed by atoms with van der Waals surface area (Å²) in [4.78, 5) is 21.6. The predicted octanol–water partition coefficient (Wildman–Crippen LogP) is -3.16. The zero-order valence-electron chi connectivity index (χ0n) is 6.17. The topological polar surface area (TPSA) is 231 Å². The monoisotopic (exact) mass is 268 g/mol. The van der Waals surface area contributed by atoms with Gasteiger partial charge in [0.2, 0.25) is 0 Å². The molecule has 0 spiro atoms. The zero-order chi connectivity index (χ0) is 8.08. The van der Waals surface area contributed by atoms with Gasteiger partial charge in [-0.3, -0.25) is 0 Å². The van der Waals surface area contributed by atoms with Crippen molar-refractivity contribution in [3.8, 4) is 0 Å². The fourth-order valence-electron chi connectivity index (χ4n) is 0. The Morgan fingerprint density at radius 2 is 1.15 bits per heavy atom. The second-order valence-electron chi connectivity index (χ2n) is 0.916. The van der Waals surface area contributed by atoms with E-state index in [-0.39, 0.29) is 60.6 Å². The molecule has 0 aromatic carbocycles. The molecular formula is CH17CaN4O5PS. The number of hydrogen-bond acceptors (Lipinski definition) is 4. The van der Waals surface area contributed by atoms with Crippen molar-refractivity contribution in [3.63, 3.8) is 0 Å². The van der Waals surface area contributed by atoms with Gasteiger partial charge in [0.05, 0.1) is 0 Å². The van der Waals surface area contributed by atoms with Gasteiger partial charge in [0.25, 0.3) is 0 Å². The van der Waals surface area contributed by atoms with Crippen LogP contribution >= 0.6 is 20.0 Å². The van der Waals surface area contributed by atoms with Gasteiger partial charge < -0.3 is 43.9 Å². The average Bonchev–Trinajstić information content (AvgIpc) is 1.19. The summed E-state index contributed by atoms with van der Waals surface area (Å²) in [6, 6.07) is 0. The first-order valence-corrected chi connectivity index (χ1v) is 3.54. The molecule has 0 atom stereocenters. The number of hydrogen-bond donors (Lipinski definition) is 7. The van der Waals surface area contributed by atoms with Crippen LogP contribution in [-0.2, 0) is 4.57 Å². The molecule has 0 heterocycles. The van der Waals surface area contributed by atoms with E-state index in [1.54, 1.807) is 0 Å². The molecule has 0 saturated heterocycles. The molecule has 0 radical (unpaired) electrons. The first-order valence-electron chi connectivity index (χ1n) is 1.56. The van der Waals surface area contributed by atoms with Crippen molar-refractivity contribution >= 4 is 62.9 Å². The van der Waals surface area contributed by atoms with Crippen molar-refractivity contribution in [2.24, 2.45) is 11.5 Å². The van der Waals surface area contributed by atoms with Gasteiger partial charge in [-0.25, -0.2) is 4.57 Å². The molecule has 0 fully saturated rings. The summed E-state index contributed by atoms with van der Waals surface area (Å²) in [6.45, 7) is 0. The molecule has 0 rings (SSSR count). The van der Waals surface area contributed by atoms with Gasteiger partial charge in [0, 0.05) is 0 Å². The van der Waals surface area contributed by atoms with Gasteiger partial charge in [-0.15, -0.1) is 0 Å². The molecule has 84 valence electrons. The Balaban J connectivity index is -0.0000000146. The summed E-state index contributed by atoms with van der Waals surface area (Å²) >= 11 is 4.09. The molecule has 13 heavy (non-hydrogen) atoms. The zero-order valence-corrected chi connectivity index (χ0v) is 7.89. The van der Waals surface area contributed by atoms with E-state index >= 15 is 0 Å². The average molecular weight is 268 g/mol. The predicted molar refractivity (Wildman–Crippen MR) is 57.4 cm³/mol. The normalized spacial score (nSPS) is 6.38. The van der Waals surface area contributed by atoms with Crippen LogP contribution in [0.3, 0.4) is 0 Å². The Bertz CT molecular complexity index is 128. The summed E-state index contributed by atoms with van der Waals surface area (Å²) in [7, 11) is -4.64. The van der Waals surface area contributed by atoms with Crippen LogP contribution in [0.2, 0.25) is 0 Å². The summed E-state index contributed by atoms with van der Waals surface area (Å²) in [5.41, 5.74) is 9.24. The molecule has 9 nitrogen and oxygen atoms in total. The molecule has 0 bridgehead atoms. The Morgan fingerprint density at radius 3 is 1.15 bits per heavy atom. The number of thiocarbonyl (C=S) groups is 1. The summed E-state index contributed by atoms with van der Waals surface area (Å²) in [5.74, 6) is 0. The first kappa shape index (κ1) is 37.0. The molecule has 0 unspecified atom stereocenters. The third-order valence-electron chi connectivity index (χ3n) is 0. The first-order chi connectivity index (χ1) is 3.73. The summed E-state index contributed by atoms with van der Waals surface area (Å²) < 4.78 is 8.88. The maximum absolute atomic E-state index is 8.88. The Morgan fingerprint density at radius 1 is 1.15 bits per heavy atom. The second kappa shape index (κ2) is 18.7. The molecule has 15 N–H and O–H groups in total. The Kier molecular flexibility index (Phi) is 53.2. The van der Waals surface area contributed by atoms with Crippen molar-refractivity contribution in [3.05, 3.63) is 0 Å². The molecule has 0 aliphatic heterocycles. The van der Waals surface area contributed by atoms with Crippen molar-refractivity contribution in [1.29, 1.82) is 0 Å². The Labute approximate surface area is 111 Å². The molecule has 0 aromatic heterocycles. The van der Waals surface area contributed by atoms with Crippen molar-refractivity contribution < 1.29 is 24.7 Å². The van der Waals surface area contributed by atoms with Gasteiger partial charge in [0.15, 0.2) is 5.11 Å². The van der Waals surface area contributed by atoms with Crippen LogP contribution < -0.4 is 23.8 Å². The molecule has 0 saturated carbocycles. The van der Waals surface area contributed by atoms with E-state index in [1.165, 1.54) is 0 Å². The van der Waals surface area contributed by atoms with Crippen LogP contribution in [0.4, 0.5) is 0 Å². The van der Waals surface area contributed by atoms with E-state index in [0.717, 1.165) is 0 Å². The number of nitrogens with two attached hydrogens (primary N) is 2. The van der Waals surface area contributed by atoms with Crippen LogP contribution in [0, 0.1) is 0 Å². The van der Waals surface area contributed by atoms with Gasteiger partial charge in [-0.2, -0.15) is 0 Å².